The minimum Gasteiger partial charge on any atom is -0.341 e. The quantitative estimate of drug-likeness (QED) is 0.836. The Morgan fingerprint density at radius 3 is 2.47 bits per heavy atom. The fourth-order valence-corrected chi connectivity index (χ4v) is 2.11. The molecule has 2 rings (SSSR count). The average molecular weight is 275 g/mol. The monoisotopic (exact) mass is 275 g/mol. The zero-order chi connectivity index (χ0) is 13.9. The molecule has 1 aromatic carbocycles. The van der Waals surface area contributed by atoms with E-state index in [2.05, 4.69) is 66.6 Å². The Labute approximate surface area is 119 Å². The fraction of sp³-hybridized carbons (Fsp3) is 0.400. The van der Waals surface area contributed by atoms with E-state index in [1.165, 1.54) is 4.90 Å². The number of nitrogens with one attached hydrogen (secondary N) is 2. The molecule has 1 aromatic heterocycles. The Hall–Kier alpha value is -1.26. The predicted octanol–water partition coefficient (Wildman–Crippen LogP) is 3.69. The van der Waals surface area contributed by atoms with Gasteiger partial charge in [-0.3, -0.25) is 0 Å². The maximum absolute atomic E-state index is 4.44. The van der Waals surface area contributed by atoms with Crippen molar-refractivity contribution in [2.24, 2.45) is 0 Å². The molecule has 0 aliphatic carbocycles. The third-order valence-corrected chi connectivity index (χ3v) is 3.54. The van der Waals surface area contributed by atoms with Crippen LogP contribution in [0.15, 0.2) is 35.4 Å². The van der Waals surface area contributed by atoms with Crippen molar-refractivity contribution in [1.29, 1.82) is 0 Å². The highest BCUT2D eigenvalue weighted by atomic mass is 32.2. The summed E-state index contributed by atoms with van der Waals surface area (Å²) in [6, 6.07) is 8.45. The van der Waals surface area contributed by atoms with Crippen molar-refractivity contribution in [1.82, 2.24) is 15.3 Å². The first-order valence-electron chi connectivity index (χ1n) is 6.41. The second-order valence-electron chi connectivity index (χ2n) is 5.59. The van der Waals surface area contributed by atoms with Gasteiger partial charge in [0.1, 0.15) is 5.82 Å². The third-order valence-electron chi connectivity index (χ3n) is 2.80. The van der Waals surface area contributed by atoms with Crippen LogP contribution in [0.1, 0.15) is 26.5 Å². The van der Waals surface area contributed by atoms with Crippen molar-refractivity contribution in [3.63, 3.8) is 0 Å². The van der Waals surface area contributed by atoms with E-state index in [1.807, 2.05) is 6.20 Å². The number of benzene rings is 1. The summed E-state index contributed by atoms with van der Waals surface area (Å²) in [6.07, 6.45) is 3.98. The molecule has 0 bridgehead atoms. The van der Waals surface area contributed by atoms with Crippen molar-refractivity contribution in [2.45, 2.75) is 37.8 Å². The van der Waals surface area contributed by atoms with Crippen LogP contribution in [-0.4, -0.2) is 21.8 Å². The molecule has 0 unspecified atom stereocenters. The molecule has 0 aliphatic heterocycles. The lowest BCUT2D eigenvalue weighted by Gasteiger charge is -2.19. The minimum absolute atomic E-state index is 0.116. The summed E-state index contributed by atoms with van der Waals surface area (Å²) in [5.41, 5.74) is 2.35. The van der Waals surface area contributed by atoms with Crippen molar-refractivity contribution >= 4 is 11.8 Å². The first kappa shape index (κ1) is 14.2. The smallest absolute Gasteiger partial charge is 0.137 e. The van der Waals surface area contributed by atoms with Gasteiger partial charge in [-0.05, 0) is 39.2 Å². The number of imidazole rings is 1. The number of rotatable bonds is 4. The molecule has 0 saturated heterocycles. The van der Waals surface area contributed by atoms with Gasteiger partial charge in [0.25, 0.3) is 0 Å². The normalized spacial score (nSPS) is 11.8. The number of nitrogens with zero attached hydrogens (tertiary/aromatic N) is 1. The highest BCUT2D eigenvalue weighted by Crippen LogP contribution is 2.20. The summed E-state index contributed by atoms with van der Waals surface area (Å²) in [5, 5.41) is 3.45. The van der Waals surface area contributed by atoms with Crippen LogP contribution in [-0.2, 0) is 6.54 Å². The molecule has 102 valence electrons. The number of H-pyrrole nitrogens is 1. The Balaban J connectivity index is 2.07. The highest BCUT2D eigenvalue weighted by Gasteiger charge is 2.10. The van der Waals surface area contributed by atoms with Crippen molar-refractivity contribution in [2.75, 3.05) is 6.26 Å². The van der Waals surface area contributed by atoms with Crippen LogP contribution >= 0.6 is 11.8 Å². The largest absolute Gasteiger partial charge is 0.341 e. The van der Waals surface area contributed by atoms with Crippen LogP contribution in [0.25, 0.3) is 11.4 Å². The maximum Gasteiger partial charge on any atom is 0.137 e. The Morgan fingerprint density at radius 2 is 1.89 bits per heavy atom. The summed E-state index contributed by atoms with van der Waals surface area (Å²) < 4.78 is 0. The summed E-state index contributed by atoms with van der Waals surface area (Å²) in [6.45, 7) is 7.28. The second kappa shape index (κ2) is 5.80. The SMILES string of the molecule is CSc1ccc(-c2ncc(CNC(C)(C)C)[nH]2)cc1. The van der Waals surface area contributed by atoms with Gasteiger partial charge < -0.3 is 10.3 Å². The van der Waals surface area contributed by atoms with E-state index >= 15 is 0 Å². The van der Waals surface area contributed by atoms with Gasteiger partial charge in [-0.15, -0.1) is 11.8 Å². The van der Waals surface area contributed by atoms with Crippen LogP contribution in [0.5, 0.6) is 0 Å². The molecule has 4 heteroatoms. The van der Waals surface area contributed by atoms with E-state index < -0.39 is 0 Å². The van der Waals surface area contributed by atoms with Gasteiger partial charge in [0, 0.05) is 34.4 Å². The molecule has 0 atom stereocenters. The van der Waals surface area contributed by atoms with Crippen LogP contribution in [0.3, 0.4) is 0 Å². The first-order chi connectivity index (χ1) is 8.98. The molecule has 0 radical (unpaired) electrons. The number of hydrogen-bond donors (Lipinski definition) is 2. The minimum atomic E-state index is 0.116. The highest BCUT2D eigenvalue weighted by molar-refractivity contribution is 7.98. The van der Waals surface area contributed by atoms with Gasteiger partial charge >= 0.3 is 0 Å². The van der Waals surface area contributed by atoms with Gasteiger partial charge in [-0.2, -0.15) is 0 Å². The standard InChI is InChI=1S/C15H21N3S/c1-15(2,3)17-10-12-9-16-14(18-12)11-5-7-13(19-4)8-6-11/h5-9,17H,10H2,1-4H3,(H,16,18). The molecule has 0 aliphatic rings. The Bertz CT molecular complexity index is 523. The molecule has 3 nitrogen and oxygen atoms in total. The van der Waals surface area contributed by atoms with Gasteiger partial charge in [-0.25, -0.2) is 4.98 Å². The lowest BCUT2D eigenvalue weighted by molar-refractivity contribution is 0.422. The van der Waals surface area contributed by atoms with E-state index in [9.17, 15) is 0 Å². The lowest BCUT2D eigenvalue weighted by Crippen LogP contribution is -2.35. The van der Waals surface area contributed by atoms with E-state index in [0.717, 1.165) is 23.6 Å². The van der Waals surface area contributed by atoms with Gasteiger partial charge in [0.2, 0.25) is 0 Å². The van der Waals surface area contributed by atoms with Gasteiger partial charge in [0.05, 0.1) is 0 Å². The Morgan fingerprint density at radius 1 is 1.21 bits per heavy atom. The molecular formula is C15H21N3S. The summed E-state index contributed by atoms with van der Waals surface area (Å²) in [7, 11) is 0. The molecule has 0 amide bonds. The molecule has 0 fully saturated rings. The lowest BCUT2D eigenvalue weighted by atomic mass is 10.1. The van der Waals surface area contributed by atoms with Crippen molar-refractivity contribution < 1.29 is 0 Å². The zero-order valence-electron chi connectivity index (χ0n) is 11.9. The number of aromatic amines is 1. The molecule has 1 heterocycles. The molecule has 2 aromatic rings. The van der Waals surface area contributed by atoms with Crippen LogP contribution in [0.4, 0.5) is 0 Å². The Kier molecular flexibility index (Phi) is 4.32. The molecule has 0 saturated carbocycles. The van der Waals surface area contributed by atoms with Crippen molar-refractivity contribution in [3.8, 4) is 11.4 Å². The molecule has 0 spiro atoms. The van der Waals surface area contributed by atoms with E-state index in [-0.39, 0.29) is 5.54 Å². The van der Waals surface area contributed by atoms with Crippen LogP contribution < -0.4 is 5.32 Å². The van der Waals surface area contributed by atoms with Crippen molar-refractivity contribution in [3.05, 3.63) is 36.2 Å². The van der Waals surface area contributed by atoms with E-state index in [0.29, 0.717) is 0 Å². The predicted molar refractivity (Wildman–Crippen MR) is 82.4 cm³/mol. The number of hydrogen-bond acceptors (Lipinski definition) is 3. The summed E-state index contributed by atoms with van der Waals surface area (Å²) in [4.78, 5) is 9.07. The maximum atomic E-state index is 4.44. The number of thioether (sulfide) groups is 1. The molecule has 19 heavy (non-hydrogen) atoms. The van der Waals surface area contributed by atoms with Crippen LogP contribution in [0, 0.1) is 0 Å². The van der Waals surface area contributed by atoms with E-state index in [1.54, 1.807) is 11.8 Å². The second-order valence-corrected chi connectivity index (χ2v) is 6.47. The van der Waals surface area contributed by atoms with Gasteiger partial charge in [0.15, 0.2) is 0 Å². The molecular weight excluding hydrogens is 254 g/mol. The number of aromatic nitrogens is 2. The van der Waals surface area contributed by atoms with E-state index in [4.69, 9.17) is 0 Å². The first-order valence-corrected chi connectivity index (χ1v) is 7.64. The average Bonchev–Trinajstić information content (AvgIpc) is 2.84. The fourth-order valence-electron chi connectivity index (χ4n) is 1.70. The third kappa shape index (κ3) is 4.11. The summed E-state index contributed by atoms with van der Waals surface area (Å²) >= 11 is 1.75. The zero-order valence-corrected chi connectivity index (χ0v) is 12.8. The topological polar surface area (TPSA) is 40.7 Å². The summed E-state index contributed by atoms with van der Waals surface area (Å²) in [5.74, 6) is 0.929. The van der Waals surface area contributed by atoms with Gasteiger partial charge in [-0.1, -0.05) is 12.1 Å². The molecule has 2 N–H and O–H groups in total. The van der Waals surface area contributed by atoms with Crippen LogP contribution in [0.2, 0.25) is 0 Å².